The van der Waals surface area contributed by atoms with Crippen LogP contribution in [0.15, 0.2) is 67.0 Å². The molecule has 0 unspecified atom stereocenters. The normalized spacial score (nSPS) is 14.0. The Morgan fingerprint density at radius 1 is 1.03 bits per heavy atom. The van der Waals surface area contributed by atoms with Crippen molar-refractivity contribution in [3.05, 3.63) is 99.8 Å². The summed E-state index contributed by atoms with van der Waals surface area (Å²) in [5, 5.41) is 9.57. The Kier molecular flexibility index (Phi) is 7.87. The number of fused-ring (bicyclic) bond motifs is 1. The summed E-state index contributed by atoms with van der Waals surface area (Å²) in [6.45, 7) is 5.39. The number of halogens is 1. The maximum atomic E-state index is 9.12. The first-order chi connectivity index (χ1) is 18.9. The highest BCUT2D eigenvalue weighted by atomic mass is 35.5. The number of ether oxygens (including phenoxy) is 4. The molecule has 0 aliphatic carbocycles. The number of nitriles is 1. The highest BCUT2D eigenvalue weighted by Gasteiger charge is 2.19. The third-order valence-corrected chi connectivity index (χ3v) is 6.83. The van der Waals surface area contributed by atoms with Crippen LogP contribution < -0.4 is 24.7 Å². The van der Waals surface area contributed by atoms with E-state index in [1.807, 2.05) is 37.3 Å². The molecule has 4 aromatic rings. The van der Waals surface area contributed by atoms with Crippen LogP contribution >= 0.6 is 11.6 Å². The molecular weight excluding hydrogens is 514 g/mol. The van der Waals surface area contributed by atoms with Gasteiger partial charge in [0.25, 0.3) is 0 Å². The van der Waals surface area contributed by atoms with E-state index in [-0.39, 0.29) is 19.3 Å². The van der Waals surface area contributed by atoms with Gasteiger partial charge in [-0.15, -0.1) is 0 Å². The van der Waals surface area contributed by atoms with Gasteiger partial charge in [-0.2, -0.15) is 5.26 Å². The molecule has 0 amide bonds. The van der Waals surface area contributed by atoms with Crippen LogP contribution in [-0.2, 0) is 19.8 Å². The molecule has 8 heteroatoms. The number of rotatable bonds is 8. The predicted octanol–water partition coefficient (Wildman–Crippen LogP) is 6.36. The third-order valence-electron chi connectivity index (χ3n) is 6.54. The average Bonchev–Trinajstić information content (AvgIpc) is 2.96. The molecule has 2 heterocycles. The second-order valence-corrected chi connectivity index (χ2v) is 9.76. The monoisotopic (exact) mass is 541 g/mol. The summed E-state index contributed by atoms with van der Waals surface area (Å²) in [7, 11) is 0. The minimum atomic E-state index is 0.0361. The minimum Gasteiger partial charge on any atom is -0.488 e. The number of pyridine rings is 1. The zero-order valence-electron chi connectivity index (χ0n) is 21.7. The van der Waals surface area contributed by atoms with E-state index < -0.39 is 0 Å². The van der Waals surface area contributed by atoms with Gasteiger partial charge in [0.05, 0.1) is 10.6 Å². The van der Waals surface area contributed by atoms with E-state index in [2.05, 4.69) is 24.0 Å². The molecule has 0 saturated carbocycles. The quantitative estimate of drug-likeness (QED) is 0.277. The highest BCUT2D eigenvalue weighted by Crippen LogP contribution is 2.38. The Bertz CT molecular complexity index is 1550. The molecule has 1 aliphatic rings. The molecule has 7 nitrogen and oxygen atoms in total. The molecule has 0 radical (unpaired) electrons. The van der Waals surface area contributed by atoms with Crippen molar-refractivity contribution in [1.29, 1.82) is 5.26 Å². The maximum absolute atomic E-state index is 9.12. The van der Waals surface area contributed by atoms with E-state index in [0.717, 1.165) is 44.9 Å². The Labute approximate surface area is 232 Å². The minimum absolute atomic E-state index is 0.0361. The van der Waals surface area contributed by atoms with Crippen LogP contribution in [0.1, 0.15) is 34.7 Å². The zero-order chi connectivity index (χ0) is 27.4. The first-order valence-corrected chi connectivity index (χ1v) is 13.0. The Morgan fingerprint density at radius 3 is 2.69 bits per heavy atom. The Morgan fingerprint density at radius 2 is 1.87 bits per heavy atom. The van der Waals surface area contributed by atoms with Crippen molar-refractivity contribution in [3.8, 4) is 40.2 Å². The lowest BCUT2D eigenvalue weighted by Gasteiger charge is -2.24. The Hall–Kier alpha value is -4.25. The Balaban J connectivity index is 1.34. The molecule has 0 spiro atoms. The molecule has 5 rings (SSSR count). The molecule has 0 saturated heterocycles. The summed E-state index contributed by atoms with van der Waals surface area (Å²) in [4.78, 5) is 4.08. The SMILES string of the molecule is Cc1c(COc2cc(OCc3cncc(C#N)c3)c(CN)cc2Cl)cccc1-c1ccc2c(c1)OC[C@H](C)O2. The maximum Gasteiger partial charge on any atom is 0.162 e. The van der Waals surface area contributed by atoms with Crippen molar-refractivity contribution in [1.82, 2.24) is 4.98 Å². The number of nitrogens with zero attached hydrogens (tertiary/aromatic N) is 2. The van der Waals surface area contributed by atoms with Crippen LogP contribution in [0.3, 0.4) is 0 Å². The van der Waals surface area contributed by atoms with Crippen LogP contribution in [0.25, 0.3) is 11.1 Å². The first-order valence-electron chi connectivity index (χ1n) is 12.6. The van der Waals surface area contributed by atoms with Crippen molar-refractivity contribution < 1.29 is 18.9 Å². The molecule has 198 valence electrons. The summed E-state index contributed by atoms with van der Waals surface area (Å²) in [6.07, 6.45) is 3.21. The van der Waals surface area contributed by atoms with Crippen LogP contribution in [-0.4, -0.2) is 17.7 Å². The van der Waals surface area contributed by atoms with Gasteiger partial charge in [-0.3, -0.25) is 4.98 Å². The zero-order valence-corrected chi connectivity index (χ0v) is 22.5. The number of hydrogen-bond donors (Lipinski definition) is 1. The molecule has 1 atom stereocenters. The van der Waals surface area contributed by atoms with E-state index in [1.165, 1.54) is 6.20 Å². The average molecular weight is 542 g/mol. The van der Waals surface area contributed by atoms with Gasteiger partial charge in [0.1, 0.15) is 43.5 Å². The highest BCUT2D eigenvalue weighted by molar-refractivity contribution is 6.32. The first kappa shape index (κ1) is 26.4. The molecule has 0 fully saturated rings. The van der Waals surface area contributed by atoms with Crippen LogP contribution in [0.5, 0.6) is 23.0 Å². The third kappa shape index (κ3) is 5.93. The fourth-order valence-electron chi connectivity index (χ4n) is 4.42. The number of aromatic nitrogens is 1. The number of nitrogens with two attached hydrogens (primary N) is 1. The number of benzene rings is 3. The molecule has 1 aliphatic heterocycles. The van der Waals surface area contributed by atoms with Crippen molar-refractivity contribution >= 4 is 11.6 Å². The number of hydrogen-bond acceptors (Lipinski definition) is 7. The van der Waals surface area contributed by atoms with Gasteiger partial charge < -0.3 is 24.7 Å². The van der Waals surface area contributed by atoms with Gasteiger partial charge >= 0.3 is 0 Å². The van der Waals surface area contributed by atoms with E-state index in [9.17, 15) is 0 Å². The summed E-state index contributed by atoms with van der Waals surface area (Å²) < 4.78 is 23.9. The van der Waals surface area contributed by atoms with E-state index in [4.69, 9.17) is 41.5 Å². The molecule has 0 bridgehead atoms. The van der Waals surface area contributed by atoms with Gasteiger partial charge in [0.2, 0.25) is 0 Å². The second-order valence-electron chi connectivity index (χ2n) is 9.36. The van der Waals surface area contributed by atoms with E-state index in [0.29, 0.717) is 35.3 Å². The molecular formula is C31H28ClN3O4. The summed E-state index contributed by atoms with van der Waals surface area (Å²) in [5.41, 5.74) is 12.2. The van der Waals surface area contributed by atoms with Crippen LogP contribution in [0.2, 0.25) is 5.02 Å². The van der Waals surface area contributed by atoms with Crippen molar-refractivity contribution in [3.63, 3.8) is 0 Å². The summed E-state index contributed by atoms with van der Waals surface area (Å²) in [5.74, 6) is 2.57. The van der Waals surface area contributed by atoms with Crippen LogP contribution in [0.4, 0.5) is 0 Å². The fraction of sp³-hybridized carbons (Fsp3) is 0.226. The second kappa shape index (κ2) is 11.6. The standard InChI is InChI=1S/C31H28ClN3O4/c1-19-16-36-31-10-23(6-7-28(31)39-19)26-5-3-4-24(20(26)2)18-38-30-11-29(25(13-34)9-27(30)32)37-17-22-8-21(12-33)14-35-15-22/h3-11,14-15,19H,13,16-18,34H2,1-2H3/t19-/m0/s1. The van der Waals surface area contributed by atoms with Gasteiger partial charge in [0.15, 0.2) is 11.5 Å². The van der Waals surface area contributed by atoms with Gasteiger partial charge in [0, 0.05) is 36.1 Å². The molecule has 39 heavy (non-hydrogen) atoms. The summed E-state index contributed by atoms with van der Waals surface area (Å²) >= 11 is 6.54. The van der Waals surface area contributed by atoms with E-state index in [1.54, 1.807) is 24.4 Å². The lowest BCUT2D eigenvalue weighted by atomic mass is 9.96. The van der Waals surface area contributed by atoms with Crippen molar-refractivity contribution in [2.45, 2.75) is 39.7 Å². The molecule has 2 N–H and O–H groups in total. The van der Waals surface area contributed by atoms with Crippen molar-refractivity contribution in [2.24, 2.45) is 5.73 Å². The van der Waals surface area contributed by atoms with Gasteiger partial charge in [-0.25, -0.2) is 0 Å². The van der Waals surface area contributed by atoms with Gasteiger partial charge in [-0.1, -0.05) is 35.9 Å². The van der Waals surface area contributed by atoms with Crippen LogP contribution in [0, 0.1) is 18.3 Å². The fourth-order valence-corrected chi connectivity index (χ4v) is 4.66. The smallest absolute Gasteiger partial charge is 0.162 e. The largest absolute Gasteiger partial charge is 0.488 e. The molecule has 1 aromatic heterocycles. The van der Waals surface area contributed by atoms with Crippen molar-refractivity contribution in [2.75, 3.05) is 6.61 Å². The summed E-state index contributed by atoms with van der Waals surface area (Å²) in [6, 6.07) is 19.5. The lowest BCUT2D eigenvalue weighted by Crippen LogP contribution is -2.25. The lowest BCUT2D eigenvalue weighted by molar-refractivity contribution is 0.104. The van der Waals surface area contributed by atoms with Gasteiger partial charge in [-0.05, 0) is 60.4 Å². The molecule has 3 aromatic carbocycles. The predicted molar refractivity (Wildman–Crippen MR) is 149 cm³/mol. The van der Waals surface area contributed by atoms with E-state index >= 15 is 0 Å². The topological polar surface area (TPSA) is 99.6 Å².